The molecule has 2 aromatic carbocycles. The van der Waals surface area contributed by atoms with Gasteiger partial charge in [-0.2, -0.15) is 0 Å². The average Bonchev–Trinajstić information content (AvgIpc) is 2.74. The molecule has 3 aromatic rings. The van der Waals surface area contributed by atoms with Gasteiger partial charge in [-0.3, -0.25) is 4.79 Å². The standard InChI is InChI=1S/C22H23N3O2/c1-3-25(18-7-5-4-6-8-18)19-11-14-21(23-16-19)22(26)24-15-17-9-12-20(27-2)13-10-17/h4-14,16H,3,15H2,1-2H3,(H,24,26). The van der Waals surface area contributed by atoms with Crippen LogP contribution in [0.3, 0.4) is 0 Å². The molecule has 1 amide bonds. The summed E-state index contributed by atoms with van der Waals surface area (Å²) in [6.07, 6.45) is 1.73. The number of pyridine rings is 1. The number of hydrogen-bond donors (Lipinski definition) is 1. The molecule has 1 aromatic heterocycles. The predicted molar refractivity (Wildman–Crippen MR) is 108 cm³/mol. The minimum Gasteiger partial charge on any atom is -0.497 e. The number of methoxy groups -OCH3 is 1. The molecule has 0 saturated heterocycles. The molecule has 5 heteroatoms. The van der Waals surface area contributed by atoms with E-state index in [2.05, 4.69) is 34.3 Å². The molecule has 0 unspecified atom stereocenters. The largest absolute Gasteiger partial charge is 0.497 e. The second kappa shape index (κ2) is 8.85. The minimum absolute atomic E-state index is 0.194. The predicted octanol–water partition coefficient (Wildman–Crippen LogP) is 4.18. The first kappa shape index (κ1) is 18.5. The molecule has 0 bridgehead atoms. The Bertz CT molecular complexity index is 862. The van der Waals surface area contributed by atoms with Gasteiger partial charge in [-0.25, -0.2) is 4.98 Å². The number of aromatic nitrogens is 1. The van der Waals surface area contributed by atoms with E-state index in [0.29, 0.717) is 12.2 Å². The number of carbonyl (C=O) groups is 1. The van der Waals surface area contributed by atoms with Gasteiger partial charge in [-0.1, -0.05) is 30.3 Å². The maximum absolute atomic E-state index is 12.3. The number of ether oxygens (including phenoxy) is 1. The summed E-state index contributed by atoms with van der Waals surface area (Å²) in [4.78, 5) is 18.8. The highest BCUT2D eigenvalue weighted by atomic mass is 16.5. The van der Waals surface area contributed by atoms with Gasteiger partial charge in [-0.05, 0) is 48.9 Å². The molecule has 0 atom stereocenters. The van der Waals surface area contributed by atoms with Crippen LogP contribution in [0.1, 0.15) is 23.0 Å². The van der Waals surface area contributed by atoms with E-state index in [4.69, 9.17) is 4.74 Å². The van der Waals surface area contributed by atoms with Crippen LogP contribution in [0, 0.1) is 0 Å². The van der Waals surface area contributed by atoms with Gasteiger partial charge in [0.15, 0.2) is 0 Å². The van der Waals surface area contributed by atoms with Crippen molar-refractivity contribution in [1.82, 2.24) is 10.3 Å². The Morgan fingerprint density at radius 2 is 1.74 bits per heavy atom. The molecular formula is C22H23N3O2. The van der Waals surface area contributed by atoms with Gasteiger partial charge in [0, 0.05) is 18.8 Å². The van der Waals surface area contributed by atoms with Crippen molar-refractivity contribution in [3.05, 3.63) is 84.2 Å². The van der Waals surface area contributed by atoms with Gasteiger partial charge >= 0.3 is 0 Å². The Kier molecular flexibility index (Phi) is 6.05. The summed E-state index contributed by atoms with van der Waals surface area (Å²) in [5.74, 6) is 0.598. The summed E-state index contributed by atoms with van der Waals surface area (Å²) in [7, 11) is 1.63. The maximum Gasteiger partial charge on any atom is 0.270 e. The Hall–Kier alpha value is -3.34. The lowest BCUT2D eigenvalue weighted by Crippen LogP contribution is -2.24. The molecule has 138 valence electrons. The van der Waals surface area contributed by atoms with Crippen LogP contribution in [0.2, 0.25) is 0 Å². The fraction of sp³-hybridized carbons (Fsp3) is 0.182. The Balaban J connectivity index is 1.64. The second-order valence-corrected chi connectivity index (χ2v) is 6.01. The van der Waals surface area contributed by atoms with Crippen molar-refractivity contribution >= 4 is 17.3 Å². The lowest BCUT2D eigenvalue weighted by molar-refractivity contribution is 0.0946. The Morgan fingerprint density at radius 3 is 2.33 bits per heavy atom. The minimum atomic E-state index is -0.194. The van der Waals surface area contributed by atoms with E-state index in [0.717, 1.165) is 29.2 Å². The number of carbonyl (C=O) groups excluding carboxylic acids is 1. The molecule has 0 radical (unpaired) electrons. The van der Waals surface area contributed by atoms with Gasteiger partial charge in [-0.15, -0.1) is 0 Å². The molecule has 0 saturated carbocycles. The highest BCUT2D eigenvalue weighted by molar-refractivity contribution is 5.92. The summed E-state index contributed by atoms with van der Waals surface area (Å²) >= 11 is 0. The van der Waals surface area contributed by atoms with Crippen molar-refractivity contribution in [3.8, 4) is 5.75 Å². The van der Waals surface area contributed by atoms with Crippen LogP contribution in [0.25, 0.3) is 0 Å². The van der Waals surface area contributed by atoms with Crippen molar-refractivity contribution < 1.29 is 9.53 Å². The third-order valence-corrected chi connectivity index (χ3v) is 4.29. The zero-order valence-corrected chi connectivity index (χ0v) is 15.6. The van der Waals surface area contributed by atoms with Crippen molar-refractivity contribution in [2.75, 3.05) is 18.6 Å². The van der Waals surface area contributed by atoms with E-state index in [1.807, 2.05) is 48.5 Å². The van der Waals surface area contributed by atoms with Crippen molar-refractivity contribution in [1.29, 1.82) is 0 Å². The number of nitrogens with one attached hydrogen (secondary N) is 1. The number of amides is 1. The molecule has 0 fully saturated rings. The zero-order valence-electron chi connectivity index (χ0n) is 15.6. The van der Waals surface area contributed by atoms with E-state index >= 15 is 0 Å². The fourth-order valence-electron chi connectivity index (χ4n) is 2.82. The lowest BCUT2D eigenvalue weighted by atomic mass is 10.2. The van der Waals surface area contributed by atoms with Crippen LogP contribution >= 0.6 is 0 Å². The quantitative estimate of drug-likeness (QED) is 0.686. The molecule has 0 spiro atoms. The van der Waals surface area contributed by atoms with Crippen LogP contribution in [0.5, 0.6) is 5.75 Å². The number of para-hydroxylation sites is 1. The highest BCUT2D eigenvalue weighted by Crippen LogP contribution is 2.24. The molecule has 0 aliphatic heterocycles. The first-order valence-electron chi connectivity index (χ1n) is 8.91. The fourth-order valence-corrected chi connectivity index (χ4v) is 2.82. The van der Waals surface area contributed by atoms with E-state index in [1.54, 1.807) is 19.4 Å². The number of rotatable bonds is 7. The third-order valence-electron chi connectivity index (χ3n) is 4.29. The summed E-state index contributed by atoms with van der Waals surface area (Å²) in [5, 5.41) is 2.89. The Morgan fingerprint density at radius 1 is 1.00 bits per heavy atom. The normalized spacial score (nSPS) is 10.3. The summed E-state index contributed by atoms with van der Waals surface area (Å²) in [6, 6.07) is 21.4. The third kappa shape index (κ3) is 4.64. The number of hydrogen-bond acceptors (Lipinski definition) is 4. The Labute approximate surface area is 159 Å². The molecule has 5 nitrogen and oxygen atoms in total. The van der Waals surface area contributed by atoms with Crippen molar-refractivity contribution in [2.45, 2.75) is 13.5 Å². The lowest BCUT2D eigenvalue weighted by Gasteiger charge is -2.22. The van der Waals surface area contributed by atoms with E-state index < -0.39 is 0 Å². The van der Waals surface area contributed by atoms with Crippen LogP contribution < -0.4 is 15.0 Å². The van der Waals surface area contributed by atoms with Gasteiger partial charge in [0.1, 0.15) is 11.4 Å². The van der Waals surface area contributed by atoms with E-state index in [9.17, 15) is 4.79 Å². The molecule has 3 rings (SSSR count). The van der Waals surface area contributed by atoms with Gasteiger partial charge in [0.05, 0.1) is 19.0 Å². The first-order valence-corrected chi connectivity index (χ1v) is 8.91. The monoisotopic (exact) mass is 361 g/mol. The second-order valence-electron chi connectivity index (χ2n) is 6.01. The number of benzene rings is 2. The van der Waals surface area contributed by atoms with Crippen molar-refractivity contribution in [3.63, 3.8) is 0 Å². The van der Waals surface area contributed by atoms with Crippen LogP contribution in [0.4, 0.5) is 11.4 Å². The van der Waals surface area contributed by atoms with E-state index in [-0.39, 0.29) is 5.91 Å². The van der Waals surface area contributed by atoms with Crippen LogP contribution in [0.15, 0.2) is 72.9 Å². The van der Waals surface area contributed by atoms with Crippen LogP contribution in [-0.2, 0) is 6.54 Å². The molecule has 0 aliphatic carbocycles. The molecule has 1 heterocycles. The maximum atomic E-state index is 12.3. The molecular weight excluding hydrogens is 338 g/mol. The topological polar surface area (TPSA) is 54.5 Å². The van der Waals surface area contributed by atoms with E-state index in [1.165, 1.54) is 0 Å². The molecule has 1 N–H and O–H groups in total. The summed E-state index contributed by atoms with van der Waals surface area (Å²) in [5.41, 5.74) is 3.45. The average molecular weight is 361 g/mol. The highest BCUT2D eigenvalue weighted by Gasteiger charge is 2.10. The van der Waals surface area contributed by atoms with Gasteiger partial charge < -0.3 is 15.0 Å². The smallest absolute Gasteiger partial charge is 0.270 e. The zero-order chi connectivity index (χ0) is 19.1. The molecule has 27 heavy (non-hydrogen) atoms. The van der Waals surface area contributed by atoms with Gasteiger partial charge in [0.25, 0.3) is 5.91 Å². The van der Waals surface area contributed by atoms with Crippen molar-refractivity contribution in [2.24, 2.45) is 0 Å². The van der Waals surface area contributed by atoms with Gasteiger partial charge in [0.2, 0.25) is 0 Å². The molecule has 0 aliphatic rings. The summed E-state index contributed by atoms with van der Waals surface area (Å²) in [6.45, 7) is 3.34. The number of nitrogens with zero attached hydrogens (tertiary/aromatic N) is 2. The number of anilines is 2. The summed E-state index contributed by atoms with van der Waals surface area (Å²) < 4.78 is 5.13. The first-order chi connectivity index (χ1) is 13.2. The van der Waals surface area contributed by atoms with Crippen LogP contribution in [-0.4, -0.2) is 24.5 Å². The SMILES string of the molecule is CCN(c1ccccc1)c1ccc(C(=O)NCc2ccc(OC)cc2)nc1.